The number of benzene rings is 4. The first-order chi connectivity index (χ1) is 18.7. The summed E-state index contributed by atoms with van der Waals surface area (Å²) in [5, 5.41) is 1.25. The average molecular weight is 565 g/mol. The van der Waals surface area contributed by atoms with Crippen LogP contribution in [0.1, 0.15) is 31.8 Å². The second-order valence-corrected chi connectivity index (χ2v) is 14.2. The van der Waals surface area contributed by atoms with Gasteiger partial charge in [-0.2, -0.15) is 0 Å². The van der Waals surface area contributed by atoms with E-state index < -0.39 is 29.5 Å². The van der Waals surface area contributed by atoms with Crippen molar-refractivity contribution in [1.82, 2.24) is 0 Å². The first-order valence-electron chi connectivity index (χ1n) is 12.1. The summed E-state index contributed by atoms with van der Waals surface area (Å²) in [6.07, 6.45) is 0.272. The third kappa shape index (κ3) is 6.25. The third-order valence-electron chi connectivity index (χ3n) is 6.40. The van der Waals surface area contributed by atoms with Crippen molar-refractivity contribution >= 4 is 40.2 Å². The third-order valence-corrected chi connectivity index (χ3v) is 12.7. The Balaban J connectivity index is 1.95. The van der Waals surface area contributed by atoms with Crippen LogP contribution >= 0.6 is 7.49 Å². The van der Waals surface area contributed by atoms with E-state index in [1.165, 1.54) is 26.4 Å². The normalized spacial score (nSPS) is 12.0. The van der Waals surface area contributed by atoms with E-state index in [0.29, 0.717) is 21.7 Å². The number of methoxy groups -OCH3 is 2. The summed E-state index contributed by atoms with van der Waals surface area (Å²) in [6.45, 7) is 1.87. The van der Waals surface area contributed by atoms with Gasteiger partial charge in [-0.3, -0.25) is 0 Å². The van der Waals surface area contributed by atoms with Gasteiger partial charge in [-0.05, 0) is 0 Å². The molecule has 39 heavy (non-hydrogen) atoms. The van der Waals surface area contributed by atoms with Crippen LogP contribution in [0.2, 0.25) is 0 Å². The topological polar surface area (TPSA) is 96.0 Å². The predicted molar refractivity (Wildman–Crippen MR) is 153 cm³/mol. The average Bonchev–Trinajstić information content (AvgIpc) is 2.96. The molecule has 0 unspecified atom stereocenters. The minimum absolute atomic E-state index is 0.0374. The summed E-state index contributed by atoms with van der Waals surface area (Å²) in [5.41, 5.74) is 2.44. The zero-order chi connectivity index (χ0) is 28.0. The molecule has 7 nitrogen and oxygen atoms in total. The molecule has 0 N–H and O–H groups in total. The quantitative estimate of drug-likeness (QED) is 0.213. The molecule has 202 valence electrons. The molecule has 0 fully saturated rings. The number of carbonyl (C=O) groups excluding carboxylic acids is 2. The summed E-state index contributed by atoms with van der Waals surface area (Å²) in [6, 6.07) is 29.2. The Morgan fingerprint density at radius 1 is 0.667 bits per heavy atom. The number of carbonyl (C=O) groups is 2. The van der Waals surface area contributed by atoms with Gasteiger partial charge < -0.3 is 0 Å². The van der Waals surface area contributed by atoms with E-state index in [0.717, 1.165) is 11.1 Å². The molecule has 0 amide bonds. The standard InChI is InChI=1S/C30H29O7PS/c1-22-9-19-28(20-10-22)39(33,34)37-38(21-23-7-5-4-6-8-23,26-15-11-24(12-16-26)29(31)35-2)27-17-13-25(14-18-27)30(32)36-3/h4-20,38H,21H2,1-3H3. The number of esters is 2. The molecule has 0 bridgehead atoms. The molecule has 0 saturated carbocycles. The molecular formula is C30H29O7PS. The van der Waals surface area contributed by atoms with Crippen LogP contribution in [0, 0.1) is 6.92 Å². The van der Waals surface area contributed by atoms with E-state index in [1.807, 2.05) is 37.3 Å². The van der Waals surface area contributed by atoms with Crippen molar-refractivity contribution in [2.75, 3.05) is 14.2 Å². The molecule has 9 heteroatoms. The Kier molecular flexibility index (Phi) is 8.60. The van der Waals surface area contributed by atoms with Crippen LogP contribution in [0.3, 0.4) is 0 Å². The van der Waals surface area contributed by atoms with Crippen LogP contribution in [0.5, 0.6) is 0 Å². The summed E-state index contributed by atoms with van der Waals surface area (Å²) in [5.74, 6) is -1.01. The zero-order valence-electron chi connectivity index (χ0n) is 21.8. The van der Waals surface area contributed by atoms with Crippen LogP contribution in [-0.2, 0) is 29.7 Å². The maximum atomic E-state index is 13.8. The van der Waals surface area contributed by atoms with Gasteiger partial charge in [0, 0.05) is 0 Å². The molecular weight excluding hydrogens is 535 g/mol. The molecule has 0 saturated heterocycles. The fourth-order valence-corrected chi connectivity index (χ4v) is 10.6. The van der Waals surface area contributed by atoms with Gasteiger partial charge in [0.05, 0.1) is 0 Å². The summed E-state index contributed by atoms with van der Waals surface area (Å²) in [7, 11) is -5.29. The van der Waals surface area contributed by atoms with Crippen LogP contribution in [-0.4, -0.2) is 34.6 Å². The zero-order valence-corrected chi connectivity index (χ0v) is 23.6. The minimum atomic E-state index is -4.23. The van der Waals surface area contributed by atoms with Gasteiger partial charge in [-0.1, -0.05) is 0 Å². The molecule has 0 radical (unpaired) electrons. The van der Waals surface area contributed by atoms with Crippen molar-refractivity contribution < 1.29 is 31.5 Å². The van der Waals surface area contributed by atoms with E-state index in [2.05, 4.69) is 0 Å². The van der Waals surface area contributed by atoms with Gasteiger partial charge in [-0.15, -0.1) is 0 Å². The fourth-order valence-electron chi connectivity index (χ4n) is 4.31. The van der Waals surface area contributed by atoms with Crippen LogP contribution in [0.4, 0.5) is 0 Å². The first-order valence-corrected chi connectivity index (χ1v) is 15.6. The monoisotopic (exact) mass is 564 g/mol. The fraction of sp³-hybridized carbons (Fsp3) is 0.133. The van der Waals surface area contributed by atoms with E-state index in [9.17, 15) is 18.0 Å². The Labute approximate surface area is 228 Å². The van der Waals surface area contributed by atoms with Crippen molar-refractivity contribution in [2.45, 2.75) is 18.0 Å². The second kappa shape index (κ2) is 11.9. The van der Waals surface area contributed by atoms with Gasteiger partial charge >= 0.3 is 229 Å². The van der Waals surface area contributed by atoms with Gasteiger partial charge in [0.15, 0.2) is 0 Å². The molecule has 0 spiro atoms. The molecule has 0 heterocycles. The van der Waals surface area contributed by atoms with E-state index in [-0.39, 0.29) is 11.1 Å². The van der Waals surface area contributed by atoms with E-state index in [4.69, 9.17) is 13.4 Å². The van der Waals surface area contributed by atoms with Crippen LogP contribution in [0.25, 0.3) is 0 Å². The Hall–Kier alpha value is -3.84. The Morgan fingerprint density at radius 2 is 1.13 bits per heavy atom. The van der Waals surface area contributed by atoms with E-state index >= 15 is 0 Å². The summed E-state index contributed by atoms with van der Waals surface area (Å²) >= 11 is 0. The number of aryl methyl sites for hydroxylation is 1. The molecule has 0 atom stereocenters. The number of hydrogen-bond donors (Lipinski definition) is 0. The number of ether oxygens (including phenoxy) is 2. The van der Waals surface area contributed by atoms with Crippen molar-refractivity contribution in [3.8, 4) is 0 Å². The van der Waals surface area contributed by atoms with Crippen LogP contribution < -0.4 is 10.6 Å². The second-order valence-electron chi connectivity index (χ2n) is 8.98. The molecule has 4 aromatic carbocycles. The summed E-state index contributed by atoms with van der Waals surface area (Å²) in [4.78, 5) is 24.3. The SMILES string of the molecule is COC(=O)c1ccc([PH](Cc2ccccc2)(OS(=O)(=O)c2ccc(C)cc2)c2ccc(C(=O)OC)cc2)cc1. The van der Waals surface area contributed by atoms with Gasteiger partial charge in [0.1, 0.15) is 0 Å². The summed E-state index contributed by atoms with van der Waals surface area (Å²) < 4.78 is 43.6. The van der Waals surface area contributed by atoms with Gasteiger partial charge in [0.2, 0.25) is 0 Å². The molecule has 4 aromatic rings. The molecule has 0 aliphatic heterocycles. The molecule has 0 aromatic heterocycles. The molecule has 0 aliphatic rings. The van der Waals surface area contributed by atoms with Gasteiger partial charge in [-0.25, -0.2) is 0 Å². The molecule has 4 rings (SSSR count). The Bertz CT molecular complexity index is 1490. The van der Waals surface area contributed by atoms with Crippen molar-refractivity contribution in [3.05, 3.63) is 125 Å². The number of hydrogen-bond acceptors (Lipinski definition) is 7. The van der Waals surface area contributed by atoms with Crippen molar-refractivity contribution in [1.29, 1.82) is 0 Å². The van der Waals surface area contributed by atoms with Crippen molar-refractivity contribution in [3.63, 3.8) is 0 Å². The maximum absolute atomic E-state index is 13.8. The predicted octanol–water partition coefficient (Wildman–Crippen LogP) is 4.79. The van der Waals surface area contributed by atoms with Crippen molar-refractivity contribution in [2.24, 2.45) is 0 Å². The van der Waals surface area contributed by atoms with Crippen LogP contribution in [0.15, 0.2) is 108 Å². The Morgan fingerprint density at radius 3 is 1.56 bits per heavy atom. The number of rotatable bonds is 9. The molecule has 0 aliphatic carbocycles. The first kappa shape index (κ1) is 28.2. The van der Waals surface area contributed by atoms with E-state index in [1.54, 1.807) is 60.7 Å². The van der Waals surface area contributed by atoms with Gasteiger partial charge in [0.25, 0.3) is 0 Å².